The van der Waals surface area contributed by atoms with Crippen LogP contribution in [0.5, 0.6) is 0 Å². The van der Waals surface area contributed by atoms with Gasteiger partial charge in [0, 0.05) is 12.6 Å². The second kappa shape index (κ2) is 8.02. The monoisotopic (exact) mass is 158 g/mol. The van der Waals surface area contributed by atoms with Crippen LogP contribution in [0.3, 0.4) is 0 Å². The Kier molecular flexibility index (Phi) is 7.96. The van der Waals surface area contributed by atoms with Crippen molar-refractivity contribution in [3.63, 3.8) is 0 Å². The van der Waals surface area contributed by atoms with Crippen LogP contribution in [-0.4, -0.2) is 26.2 Å². The fourth-order valence-electron chi connectivity index (χ4n) is 1.34. The molecule has 0 aromatic rings. The summed E-state index contributed by atoms with van der Waals surface area (Å²) in [5.74, 6) is 0. The van der Waals surface area contributed by atoms with Crippen molar-refractivity contribution in [2.24, 2.45) is 0 Å². The van der Waals surface area contributed by atoms with E-state index in [1.165, 1.54) is 25.8 Å². The van der Waals surface area contributed by atoms with Gasteiger partial charge in [-0.25, -0.2) is 0 Å². The Morgan fingerprint density at radius 3 is 2.55 bits per heavy atom. The van der Waals surface area contributed by atoms with E-state index in [2.05, 4.69) is 10.6 Å². The summed E-state index contributed by atoms with van der Waals surface area (Å²) in [6.45, 7) is 6.34. The van der Waals surface area contributed by atoms with Crippen LogP contribution in [0.25, 0.3) is 0 Å². The summed E-state index contributed by atoms with van der Waals surface area (Å²) in [5.41, 5.74) is 0. The molecular formula is C9H22N2. The molecule has 0 aromatic heterocycles. The van der Waals surface area contributed by atoms with Crippen molar-refractivity contribution in [3.05, 3.63) is 0 Å². The van der Waals surface area contributed by atoms with E-state index < -0.39 is 0 Å². The molecule has 0 spiro atoms. The molecule has 1 unspecified atom stereocenters. The number of rotatable bonds is 2. The van der Waals surface area contributed by atoms with Crippen LogP contribution >= 0.6 is 0 Å². The van der Waals surface area contributed by atoms with Gasteiger partial charge in [-0.3, -0.25) is 0 Å². The van der Waals surface area contributed by atoms with Crippen molar-refractivity contribution in [2.45, 2.75) is 39.2 Å². The summed E-state index contributed by atoms with van der Waals surface area (Å²) in [4.78, 5) is 0. The number of likely N-dealkylation sites (N-methyl/N-ethyl adjacent to an activating group) is 1. The lowest BCUT2D eigenvalue weighted by atomic mass is 10.1. The normalized spacial score (nSPS) is 23.7. The van der Waals surface area contributed by atoms with E-state index in [-0.39, 0.29) is 0 Å². The number of nitrogens with one attached hydrogen (secondary N) is 2. The zero-order valence-electron chi connectivity index (χ0n) is 8.11. The highest BCUT2D eigenvalue weighted by molar-refractivity contribution is 4.72. The van der Waals surface area contributed by atoms with Crippen molar-refractivity contribution in [1.82, 2.24) is 10.6 Å². The topological polar surface area (TPSA) is 24.1 Å². The summed E-state index contributed by atoms with van der Waals surface area (Å²) in [7, 11) is 2.01. The predicted octanol–water partition coefficient (Wildman–Crippen LogP) is 1.37. The quantitative estimate of drug-likeness (QED) is 0.634. The molecule has 0 aliphatic carbocycles. The van der Waals surface area contributed by atoms with E-state index in [1.54, 1.807) is 0 Å². The third-order valence-electron chi connectivity index (χ3n) is 1.86. The number of hydrogen-bond donors (Lipinski definition) is 2. The first-order chi connectivity index (χ1) is 5.43. The fourth-order valence-corrected chi connectivity index (χ4v) is 1.34. The van der Waals surface area contributed by atoms with Gasteiger partial charge in [0.2, 0.25) is 0 Å². The minimum Gasteiger partial charge on any atom is -0.318 e. The Hall–Kier alpha value is -0.0800. The van der Waals surface area contributed by atoms with Crippen LogP contribution < -0.4 is 10.6 Å². The molecule has 0 bridgehead atoms. The van der Waals surface area contributed by atoms with Gasteiger partial charge in [-0.05, 0) is 26.4 Å². The Balaban J connectivity index is 0.000000461. The van der Waals surface area contributed by atoms with Crippen molar-refractivity contribution in [3.8, 4) is 0 Å². The van der Waals surface area contributed by atoms with E-state index in [0.29, 0.717) is 0 Å². The van der Waals surface area contributed by atoms with Crippen LogP contribution in [0.15, 0.2) is 0 Å². The molecule has 68 valence electrons. The minimum atomic E-state index is 0.740. The maximum atomic E-state index is 3.46. The van der Waals surface area contributed by atoms with Gasteiger partial charge in [0.15, 0.2) is 0 Å². The third-order valence-corrected chi connectivity index (χ3v) is 1.86. The number of piperidine rings is 1. The fraction of sp³-hybridized carbons (Fsp3) is 1.00. The lowest BCUT2D eigenvalue weighted by Crippen LogP contribution is -2.40. The molecule has 0 saturated carbocycles. The first-order valence-electron chi connectivity index (χ1n) is 4.81. The van der Waals surface area contributed by atoms with Gasteiger partial charge < -0.3 is 10.6 Å². The molecule has 1 rings (SSSR count). The first kappa shape index (κ1) is 10.9. The van der Waals surface area contributed by atoms with Gasteiger partial charge in [0.25, 0.3) is 0 Å². The van der Waals surface area contributed by atoms with Gasteiger partial charge in [0.05, 0.1) is 0 Å². The average molecular weight is 158 g/mol. The molecule has 1 aliphatic heterocycles. The van der Waals surface area contributed by atoms with Crippen molar-refractivity contribution in [1.29, 1.82) is 0 Å². The Morgan fingerprint density at radius 2 is 2.09 bits per heavy atom. The SMILES string of the molecule is CC.CNCC1CCCCN1. The smallest absolute Gasteiger partial charge is 0.0192 e. The van der Waals surface area contributed by atoms with Crippen LogP contribution in [0.1, 0.15) is 33.1 Å². The van der Waals surface area contributed by atoms with E-state index in [0.717, 1.165) is 12.6 Å². The largest absolute Gasteiger partial charge is 0.318 e. The van der Waals surface area contributed by atoms with Gasteiger partial charge in [-0.1, -0.05) is 20.3 Å². The second-order valence-electron chi connectivity index (χ2n) is 2.70. The molecule has 2 heteroatoms. The van der Waals surface area contributed by atoms with Crippen molar-refractivity contribution < 1.29 is 0 Å². The van der Waals surface area contributed by atoms with E-state index in [4.69, 9.17) is 0 Å². The molecule has 2 N–H and O–H groups in total. The third kappa shape index (κ3) is 5.22. The molecule has 0 aromatic carbocycles. The molecular weight excluding hydrogens is 136 g/mol. The molecule has 0 amide bonds. The van der Waals surface area contributed by atoms with E-state index >= 15 is 0 Å². The molecule has 1 saturated heterocycles. The van der Waals surface area contributed by atoms with Gasteiger partial charge in [0.1, 0.15) is 0 Å². The summed E-state index contributed by atoms with van der Waals surface area (Å²) in [6.07, 6.45) is 4.11. The molecule has 1 fully saturated rings. The van der Waals surface area contributed by atoms with Crippen LogP contribution in [0.2, 0.25) is 0 Å². The lowest BCUT2D eigenvalue weighted by molar-refractivity contribution is 0.392. The first-order valence-corrected chi connectivity index (χ1v) is 4.81. The molecule has 1 heterocycles. The summed E-state index contributed by atoms with van der Waals surface area (Å²) in [5, 5.41) is 6.63. The molecule has 11 heavy (non-hydrogen) atoms. The van der Waals surface area contributed by atoms with Gasteiger partial charge in [-0.15, -0.1) is 0 Å². The predicted molar refractivity (Wildman–Crippen MR) is 50.9 cm³/mol. The number of hydrogen-bond acceptors (Lipinski definition) is 2. The molecule has 1 atom stereocenters. The van der Waals surface area contributed by atoms with E-state index in [9.17, 15) is 0 Å². The van der Waals surface area contributed by atoms with Gasteiger partial charge >= 0.3 is 0 Å². The maximum absolute atomic E-state index is 3.46. The molecule has 2 nitrogen and oxygen atoms in total. The Morgan fingerprint density at radius 1 is 1.36 bits per heavy atom. The highest BCUT2D eigenvalue weighted by Gasteiger charge is 2.09. The van der Waals surface area contributed by atoms with Gasteiger partial charge in [-0.2, -0.15) is 0 Å². The molecule has 0 radical (unpaired) electrons. The highest BCUT2D eigenvalue weighted by Crippen LogP contribution is 2.04. The van der Waals surface area contributed by atoms with Crippen LogP contribution in [0, 0.1) is 0 Å². The zero-order valence-corrected chi connectivity index (χ0v) is 8.11. The minimum absolute atomic E-state index is 0.740. The lowest BCUT2D eigenvalue weighted by Gasteiger charge is -2.22. The Bertz CT molecular complexity index is 65.2. The maximum Gasteiger partial charge on any atom is 0.0192 e. The van der Waals surface area contributed by atoms with Crippen molar-refractivity contribution in [2.75, 3.05) is 20.1 Å². The second-order valence-corrected chi connectivity index (χ2v) is 2.70. The average Bonchev–Trinajstić information content (AvgIpc) is 2.11. The van der Waals surface area contributed by atoms with Crippen LogP contribution in [0.4, 0.5) is 0 Å². The summed E-state index contributed by atoms with van der Waals surface area (Å²) < 4.78 is 0. The van der Waals surface area contributed by atoms with Crippen LogP contribution in [-0.2, 0) is 0 Å². The standard InChI is InChI=1S/C7H16N2.C2H6/c1-8-6-7-4-2-3-5-9-7;1-2/h7-9H,2-6H2,1H3;1-2H3. The zero-order chi connectivity index (χ0) is 8.53. The van der Waals surface area contributed by atoms with E-state index in [1.807, 2.05) is 20.9 Å². The molecule has 1 aliphatic rings. The highest BCUT2D eigenvalue weighted by atomic mass is 15.0. The Labute approximate surface area is 70.8 Å². The summed E-state index contributed by atoms with van der Waals surface area (Å²) >= 11 is 0. The van der Waals surface area contributed by atoms with Crippen molar-refractivity contribution >= 4 is 0 Å². The summed E-state index contributed by atoms with van der Waals surface area (Å²) in [6, 6.07) is 0.740.